The quantitative estimate of drug-likeness (QED) is 0.529. The fourth-order valence-electron chi connectivity index (χ4n) is 9.20. The van der Waals surface area contributed by atoms with Crippen molar-refractivity contribution in [1.82, 2.24) is 0 Å². The highest BCUT2D eigenvalue weighted by Gasteiger charge is 2.85. The standard InChI is InChI=1S/C26H34O7/c1-14(28)32-22-21(15-3-6-20(30)31-12-15)24(2)9-8-18-19(26(24)23(22)33-26)5-4-16-11-17(29)7-10-25(16,18)13-27/h3,6,12,16-19,21-23,27,29H,4-5,7-11,13H2,1-2H3/t16-,17+,18+,19?,21+,22-,23-,24-,25-,26?/m1/s1. The second kappa shape index (κ2) is 7.15. The maximum absolute atomic E-state index is 12.1. The molecule has 10 atom stereocenters. The summed E-state index contributed by atoms with van der Waals surface area (Å²) in [5.41, 5.74) is -0.350. The first-order chi connectivity index (χ1) is 15.8. The van der Waals surface area contributed by atoms with E-state index in [0.29, 0.717) is 11.8 Å². The van der Waals surface area contributed by atoms with Gasteiger partial charge in [-0.1, -0.05) is 6.92 Å². The number of hydrogen-bond donors (Lipinski definition) is 2. The number of carbonyl (C=O) groups is 1. The second-order valence-electron chi connectivity index (χ2n) is 11.5. The van der Waals surface area contributed by atoms with Crippen molar-refractivity contribution in [2.75, 3.05) is 6.61 Å². The molecule has 2 heterocycles. The monoisotopic (exact) mass is 458 g/mol. The summed E-state index contributed by atoms with van der Waals surface area (Å²) in [7, 11) is 0. The van der Waals surface area contributed by atoms with Gasteiger partial charge in [-0.25, -0.2) is 4.79 Å². The van der Waals surface area contributed by atoms with Gasteiger partial charge in [0.05, 0.1) is 12.4 Å². The summed E-state index contributed by atoms with van der Waals surface area (Å²) < 4.78 is 17.7. The highest BCUT2D eigenvalue weighted by molar-refractivity contribution is 5.66. The number of aliphatic hydroxyl groups is 2. The van der Waals surface area contributed by atoms with Crippen molar-refractivity contribution in [3.63, 3.8) is 0 Å². The van der Waals surface area contributed by atoms with Crippen LogP contribution in [-0.2, 0) is 14.3 Å². The minimum Gasteiger partial charge on any atom is -0.459 e. The molecule has 6 rings (SSSR count). The van der Waals surface area contributed by atoms with Gasteiger partial charge >= 0.3 is 11.6 Å². The van der Waals surface area contributed by atoms with Crippen molar-refractivity contribution in [1.29, 1.82) is 0 Å². The molecule has 1 aromatic heterocycles. The van der Waals surface area contributed by atoms with E-state index >= 15 is 0 Å². The first-order valence-corrected chi connectivity index (χ1v) is 12.5. The van der Waals surface area contributed by atoms with Gasteiger partial charge in [-0.3, -0.25) is 4.79 Å². The lowest BCUT2D eigenvalue weighted by molar-refractivity contribution is -0.169. The Bertz CT molecular complexity index is 1000. The molecule has 33 heavy (non-hydrogen) atoms. The molecule has 1 saturated heterocycles. The molecule has 1 aromatic rings. The van der Waals surface area contributed by atoms with Crippen molar-refractivity contribution in [2.45, 2.75) is 88.6 Å². The lowest BCUT2D eigenvalue weighted by atomic mass is 9.43. The van der Waals surface area contributed by atoms with Gasteiger partial charge in [0.1, 0.15) is 17.8 Å². The van der Waals surface area contributed by atoms with Crippen molar-refractivity contribution in [3.8, 4) is 0 Å². The van der Waals surface area contributed by atoms with Crippen LogP contribution in [0.3, 0.4) is 0 Å². The van der Waals surface area contributed by atoms with E-state index < -0.39 is 17.3 Å². The van der Waals surface area contributed by atoms with Crippen LogP contribution in [0.1, 0.15) is 70.3 Å². The predicted molar refractivity (Wildman–Crippen MR) is 117 cm³/mol. The van der Waals surface area contributed by atoms with Gasteiger partial charge < -0.3 is 24.1 Å². The van der Waals surface area contributed by atoms with E-state index in [0.717, 1.165) is 50.5 Å². The normalized spacial score (nSPS) is 49.9. The average molecular weight is 459 g/mol. The molecule has 0 amide bonds. The average Bonchev–Trinajstić information content (AvgIpc) is 3.49. The Morgan fingerprint density at radius 1 is 1.18 bits per heavy atom. The van der Waals surface area contributed by atoms with Crippen molar-refractivity contribution in [3.05, 3.63) is 34.4 Å². The van der Waals surface area contributed by atoms with E-state index in [1.807, 2.05) is 0 Å². The molecule has 5 aliphatic rings. The van der Waals surface area contributed by atoms with Crippen LogP contribution in [0.2, 0.25) is 0 Å². The van der Waals surface area contributed by atoms with Crippen LogP contribution in [0.5, 0.6) is 0 Å². The molecule has 5 fully saturated rings. The SMILES string of the molecule is CC(=O)O[C@H]1[C@H]2OC23C2CC[C@@H]4C[C@@H](O)CC[C@]4(CO)[C@H]2CC[C@]3(C)[C@H]1c1ccc(=O)oc1. The number of epoxide rings is 1. The number of rotatable bonds is 3. The van der Waals surface area contributed by atoms with Crippen LogP contribution in [-0.4, -0.2) is 46.7 Å². The summed E-state index contributed by atoms with van der Waals surface area (Å²) in [5, 5.41) is 21.0. The molecule has 4 saturated carbocycles. The number of hydrogen-bond acceptors (Lipinski definition) is 7. The Hall–Kier alpha value is -1.70. The van der Waals surface area contributed by atoms with Gasteiger partial charge in [0.15, 0.2) is 0 Å². The maximum atomic E-state index is 12.1. The molecule has 0 bridgehead atoms. The lowest BCUT2D eigenvalue weighted by Gasteiger charge is -2.61. The Kier molecular flexibility index (Phi) is 4.73. The number of aliphatic hydroxyl groups excluding tert-OH is 2. The largest absolute Gasteiger partial charge is 0.459 e. The van der Waals surface area contributed by atoms with Crippen molar-refractivity contribution >= 4 is 5.97 Å². The van der Waals surface area contributed by atoms with Crippen LogP contribution in [0.25, 0.3) is 0 Å². The van der Waals surface area contributed by atoms with Gasteiger partial charge in [0.2, 0.25) is 0 Å². The highest BCUT2D eigenvalue weighted by atomic mass is 16.7. The second-order valence-corrected chi connectivity index (χ2v) is 11.5. The molecule has 1 spiro atoms. The Morgan fingerprint density at radius 2 is 2.00 bits per heavy atom. The lowest BCUT2D eigenvalue weighted by Crippen LogP contribution is -2.60. The Labute approximate surface area is 193 Å². The molecule has 7 nitrogen and oxygen atoms in total. The van der Waals surface area contributed by atoms with Crippen molar-refractivity contribution in [2.24, 2.45) is 28.6 Å². The maximum Gasteiger partial charge on any atom is 0.335 e. The highest BCUT2D eigenvalue weighted by Crippen LogP contribution is 2.78. The minimum atomic E-state index is -0.421. The fraction of sp³-hybridized carbons (Fsp3) is 0.769. The number of ether oxygens (including phenoxy) is 2. The molecule has 1 aliphatic heterocycles. The molecule has 180 valence electrons. The van der Waals surface area contributed by atoms with Gasteiger partial charge in [0, 0.05) is 30.9 Å². The summed E-state index contributed by atoms with van der Waals surface area (Å²) in [5.74, 6) is 0.510. The first-order valence-electron chi connectivity index (χ1n) is 12.5. The van der Waals surface area contributed by atoms with E-state index in [-0.39, 0.29) is 47.4 Å². The van der Waals surface area contributed by atoms with Crippen LogP contribution in [0, 0.1) is 28.6 Å². The van der Waals surface area contributed by atoms with Crippen LogP contribution in [0.15, 0.2) is 27.6 Å². The smallest absolute Gasteiger partial charge is 0.335 e. The van der Waals surface area contributed by atoms with Gasteiger partial charge in [0.25, 0.3) is 0 Å². The molecule has 0 radical (unpaired) electrons. The third kappa shape index (κ3) is 2.73. The Balaban J connectivity index is 1.42. The summed E-state index contributed by atoms with van der Waals surface area (Å²) in [6, 6.07) is 3.24. The first kappa shape index (κ1) is 21.8. The topological polar surface area (TPSA) is 110 Å². The van der Waals surface area contributed by atoms with E-state index in [4.69, 9.17) is 13.9 Å². The molecule has 7 heteroatoms. The summed E-state index contributed by atoms with van der Waals surface area (Å²) in [6.07, 6.45) is 6.89. The Morgan fingerprint density at radius 3 is 2.70 bits per heavy atom. The molecule has 0 aromatic carbocycles. The zero-order valence-electron chi connectivity index (χ0n) is 19.4. The molecule has 2 N–H and O–H groups in total. The van der Waals surface area contributed by atoms with Gasteiger partial charge in [-0.2, -0.15) is 0 Å². The molecular formula is C26H34O7. The van der Waals surface area contributed by atoms with E-state index in [1.54, 1.807) is 6.07 Å². The van der Waals surface area contributed by atoms with Crippen LogP contribution < -0.4 is 5.63 Å². The van der Waals surface area contributed by atoms with E-state index in [2.05, 4.69) is 6.92 Å². The van der Waals surface area contributed by atoms with Crippen LogP contribution >= 0.6 is 0 Å². The molecular weight excluding hydrogens is 424 g/mol. The number of fused-ring (bicyclic) bond motifs is 3. The van der Waals surface area contributed by atoms with E-state index in [1.165, 1.54) is 19.3 Å². The van der Waals surface area contributed by atoms with Gasteiger partial charge in [-0.15, -0.1) is 0 Å². The van der Waals surface area contributed by atoms with Crippen LogP contribution in [0.4, 0.5) is 0 Å². The third-order valence-electron chi connectivity index (χ3n) is 10.5. The predicted octanol–water partition coefficient (Wildman–Crippen LogP) is 2.77. The van der Waals surface area contributed by atoms with E-state index in [9.17, 15) is 19.8 Å². The summed E-state index contributed by atoms with van der Waals surface area (Å²) >= 11 is 0. The zero-order chi connectivity index (χ0) is 23.2. The minimum absolute atomic E-state index is 0.110. The number of carbonyl (C=O) groups excluding carboxylic acids is 1. The number of esters is 1. The zero-order valence-corrected chi connectivity index (χ0v) is 19.4. The van der Waals surface area contributed by atoms with Gasteiger partial charge in [-0.05, 0) is 79.7 Å². The third-order valence-corrected chi connectivity index (χ3v) is 10.5. The fourth-order valence-corrected chi connectivity index (χ4v) is 9.20. The van der Waals surface area contributed by atoms with Crippen molar-refractivity contribution < 1.29 is 28.9 Å². The summed E-state index contributed by atoms with van der Waals surface area (Å²) in [6.45, 7) is 3.85. The molecule has 2 unspecified atom stereocenters. The summed E-state index contributed by atoms with van der Waals surface area (Å²) in [4.78, 5) is 23.7. The molecule has 4 aliphatic carbocycles.